The van der Waals surface area contributed by atoms with Gasteiger partial charge < -0.3 is 20.9 Å². The van der Waals surface area contributed by atoms with Crippen LogP contribution in [0.2, 0.25) is 0 Å². The van der Waals surface area contributed by atoms with Gasteiger partial charge in [-0.1, -0.05) is 25.3 Å². The number of amides is 2. The number of hydrogen-bond acceptors (Lipinski definition) is 3. The van der Waals surface area contributed by atoms with Crippen LogP contribution in [0.15, 0.2) is 30.5 Å². The van der Waals surface area contributed by atoms with Crippen molar-refractivity contribution in [3.63, 3.8) is 0 Å². The molecule has 2 aromatic rings. The van der Waals surface area contributed by atoms with E-state index in [4.69, 9.17) is 5.73 Å². The number of benzene rings is 1. The fraction of sp³-hybridized carbons (Fsp3) is 0.500. The lowest BCUT2D eigenvalue weighted by Crippen LogP contribution is -2.36. The van der Waals surface area contributed by atoms with Crippen molar-refractivity contribution in [1.29, 1.82) is 0 Å². The zero-order valence-electron chi connectivity index (χ0n) is 15.4. The molecule has 3 rings (SSSR count). The minimum absolute atomic E-state index is 0.0149. The summed E-state index contributed by atoms with van der Waals surface area (Å²) in [5, 5.41) is 6.69. The largest absolute Gasteiger partial charge is 0.358 e. The maximum Gasteiger partial charge on any atom is 0.239 e. The van der Waals surface area contributed by atoms with E-state index in [2.05, 4.69) is 10.6 Å². The Balaban J connectivity index is 1.72. The quantitative estimate of drug-likeness (QED) is 0.743. The van der Waals surface area contributed by atoms with Gasteiger partial charge in [-0.05, 0) is 48.4 Å². The summed E-state index contributed by atoms with van der Waals surface area (Å²) in [5.41, 5.74) is 7.63. The molecule has 0 saturated heterocycles. The average Bonchev–Trinajstić information content (AvgIpc) is 3.04. The SMILES string of the molecule is CNC(=O)Cn1ccc2ccc(NC(=O)CC3(CN)CCCCC3)cc21. The number of nitrogens with zero attached hydrogens (tertiary/aromatic N) is 1. The van der Waals surface area contributed by atoms with Gasteiger partial charge in [0, 0.05) is 25.4 Å². The first kappa shape index (κ1) is 18.5. The molecule has 26 heavy (non-hydrogen) atoms. The van der Waals surface area contributed by atoms with Gasteiger partial charge in [-0.2, -0.15) is 0 Å². The molecular formula is C20H28N4O2. The predicted octanol–water partition coefficient (Wildman–Crippen LogP) is 2.63. The number of carbonyl (C=O) groups excluding carboxylic acids is 2. The van der Waals surface area contributed by atoms with Crippen molar-refractivity contribution in [2.75, 3.05) is 18.9 Å². The molecule has 1 aliphatic rings. The molecule has 6 heteroatoms. The summed E-state index contributed by atoms with van der Waals surface area (Å²) in [6.07, 6.45) is 7.98. The molecule has 1 aliphatic carbocycles. The molecule has 0 spiro atoms. The van der Waals surface area contributed by atoms with Gasteiger partial charge in [0.2, 0.25) is 11.8 Å². The Labute approximate surface area is 154 Å². The number of fused-ring (bicyclic) bond motifs is 1. The van der Waals surface area contributed by atoms with Crippen molar-refractivity contribution < 1.29 is 9.59 Å². The Bertz CT molecular complexity index is 790. The van der Waals surface area contributed by atoms with E-state index in [1.807, 2.05) is 35.0 Å². The van der Waals surface area contributed by atoms with Gasteiger partial charge in [0.25, 0.3) is 0 Å². The number of nitrogens with one attached hydrogen (secondary N) is 2. The summed E-state index contributed by atoms with van der Waals surface area (Å²) >= 11 is 0. The highest BCUT2D eigenvalue weighted by Crippen LogP contribution is 2.38. The first-order valence-electron chi connectivity index (χ1n) is 9.35. The second-order valence-corrected chi connectivity index (χ2v) is 7.38. The van der Waals surface area contributed by atoms with Crippen LogP contribution >= 0.6 is 0 Å². The molecule has 0 unspecified atom stereocenters. The standard InChI is InChI=1S/C20H28N4O2/c1-22-19(26)13-24-10-7-15-5-6-16(11-17(15)24)23-18(25)12-20(14-21)8-3-2-4-9-20/h5-7,10-11H,2-4,8-9,12-14,21H2,1H3,(H,22,26)(H,23,25). The average molecular weight is 356 g/mol. The molecule has 6 nitrogen and oxygen atoms in total. The lowest BCUT2D eigenvalue weighted by molar-refractivity contribution is -0.121. The van der Waals surface area contributed by atoms with E-state index in [0.717, 1.165) is 42.3 Å². The smallest absolute Gasteiger partial charge is 0.239 e. The maximum absolute atomic E-state index is 12.6. The van der Waals surface area contributed by atoms with Crippen LogP contribution in [-0.2, 0) is 16.1 Å². The molecular weight excluding hydrogens is 328 g/mol. The summed E-state index contributed by atoms with van der Waals surface area (Å²) in [6.45, 7) is 0.822. The third kappa shape index (κ3) is 4.07. The number of carbonyl (C=O) groups is 2. The molecule has 2 amide bonds. The van der Waals surface area contributed by atoms with Crippen LogP contribution in [0, 0.1) is 5.41 Å². The monoisotopic (exact) mass is 356 g/mol. The van der Waals surface area contributed by atoms with E-state index in [0.29, 0.717) is 13.0 Å². The van der Waals surface area contributed by atoms with E-state index in [9.17, 15) is 9.59 Å². The van der Waals surface area contributed by atoms with Crippen molar-refractivity contribution in [3.8, 4) is 0 Å². The Hall–Kier alpha value is -2.34. The normalized spacial score (nSPS) is 16.4. The van der Waals surface area contributed by atoms with Crippen LogP contribution < -0.4 is 16.4 Å². The van der Waals surface area contributed by atoms with Crippen LogP contribution in [-0.4, -0.2) is 30.0 Å². The predicted molar refractivity (Wildman–Crippen MR) is 104 cm³/mol. The molecule has 4 N–H and O–H groups in total. The third-order valence-corrected chi connectivity index (χ3v) is 5.53. The summed E-state index contributed by atoms with van der Waals surface area (Å²) < 4.78 is 1.88. The van der Waals surface area contributed by atoms with Crippen LogP contribution in [0.25, 0.3) is 10.9 Å². The van der Waals surface area contributed by atoms with E-state index < -0.39 is 0 Å². The highest BCUT2D eigenvalue weighted by atomic mass is 16.2. The molecule has 0 aliphatic heterocycles. The molecule has 1 aromatic heterocycles. The summed E-state index contributed by atoms with van der Waals surface area (Å²) in [5.74, 6) is -0.0415. The summed E-state index contributed by atoms with van der Waals surface area (Å²) in [7, 11) is 1.62. The van der Waals surface area contributed by atoms with Crippen molar-refractivity contribution >= 4 is 28.4 Å². The van der Waals surface area contributed by atoms with E-state index in [-0.39, 0.29) is 23.8 Å². The second-order valence-electron chi connectivity index (χ2n) is 7.38. The number of rotatable bonds is 6. The first-order chi connectivity index (χ1) is 12.5. The van der Waals surface area contributed by atoms with Crippen LogP contribution in [0.4, 0.5) is 5.69 Å². The first-order valence-corrected chi connectivity index (χ1v) is 9.35. The Morgan fingerprint density at radius 1 is 1.15 bits per heavy atom. The fourth-order valence-electron chi connectivity index (χ4n) is 3.93. The van der Waals surface area contributed by atoms with Gasteiger partial charge in [0.15, 0.2) is 0 Å². The molecule has 0 radical (unpaired) electrons. The highest BCUT2D eigenvalue weighted by molar-refractivity contribution is 5.94. The van der Waals surface area contributed by atoms with Crippen LogP contribution in [0.1, 0.15) is 38.5 Å². The van der Waals surface area contributed by atoms with Gasteiger partial charge in [0.1, 0.15) is 6.54 Å². The third-order valence-electron chi connectivity index (χ3n) is 5.53. The molecule has 0 bridgehead atoms. The van der Waals surface area contributed by atoms with Gasteiger partial charge in [-0.15, -0.1) is 0 Å². The number of aromatic nitrogens is 1. The number of likely N-dealkylation sites (N-methyl/N-ethyl adjacent to an activating group) is 1. The van der Waals surface area contributed by atoms with E-state index in [1.54, 1.807) is 7.05 Å². The van der Waals surface area contributed by atoms with Crippen molar-refractivity contribution in [2.24, 2.45) is 11.1 Å². The molecule has 1 saturated carbocycles. The topological polar surface area (TPSA) is 89.2 Å². The lowest BCUT2D eigenvalue weighted by Gasteiger charge is -2.35. The Morgan fingerprint density at radius 3 is 2.62 bits per heavy atom. The molecule has 1 heterocycles. The second kappa shape index (κ2) is 7.91. The molecule has 140 valence electrons. The highest BCUT2D eigenvalue weighted by Gasteiger charge is 2.32. The fourth-order valence-corrected chi connectivity index (χ4v) is 3.93. The van der Waals surface area contributed by atoms with E-state index in [1.165, 1.54) is 6.42 Å². The molecule has 1 aromatic carbocycles. The van der Waals surface area contributed by atoms with Gasteiger partial charge in [0.05, 0.1) is 5.52 Å². The zero-order chi connectivity index (χ0) is 18.6. The van der Waals surface area contributed by atoms with Crippen molar-refractivity contribution in [3.05, 3.63) is 30.5 Å². The summed E-state index contributed by atoms with van der Waals surface area (Å²) in [4.78, 5) is 24.3. The van der Waals surface area contributed by atoms with Crippen molar-refractivity contribution in [2.45, 2.75) is 45.1 Å². The number of hydrogen-bond donors (Lipinski definition) is 3. The summed E-state index contributed by atoms with van der Waals surface area (Å²) in [6, 6.07) is 7.76. The van der Waals surface area contributed by atoms with Crippen molar-refractivity contribution in [1.82, 2.24) is 9.88 Å². The Morgan fingerprint density at radius 2 is 1.92 bits per heavy atom. The maximum atomic E-state index is 12.6. The molecule has 1 fully saturated rings. The minimum atomic E-state index is -0.0564. The lowest BCUT2D eigenvalue weighted by atomic mass is 9.71. The van der Waals surface area contributed by atoms with Gasteiger partial charge >= 0.3 is 0 Å². The molecule has 0 atom stereocenters. The number of nitrogens with two attached hydrogens (primary N) is 1. The minimum Gasteiger partial charge on any atom is -0.358 e. The zero-order valence-corrected chi connectivity index (χ0v) is 15.4. The Kier molecular flexibility index (Phi) is 5.61. The van der Waals surface area contributed by atoms with E-state index >= 15 is 0 Å². The van der Waals surface area contributed by atoms with Crippen LogP contribution in [0.5, 0.6) is 0 Å². The number of anilines is 1. The van der Waals surface area contributed by atoms with Gasteiger partial charge in [-0.3, -0.25) is 9.59 Å². The van der Waals surface area contributed by atoms with Gasteiger partial charge in [-0.25, -0.2) is 0 Å². The van der Waals surface area contributed by atoms with Crippen LogP contribution in [0.3, 0.4) is 0 Å².